The van der Waals surface area contributed by atoms with Crippen LogP contribution in [0.5, 0.6) is 0 Å². The zero-order valence-electron chi connectivity index (χ0n) is 9.25. The molecule has 1 aromatic heterocycles. The third kappa shape index (κ3) is 2.75. The molecule has 0 atom stereocenters. The van der Waals surface area contributed by atoms with Crippen LogP contribution in [0.2, 0.25) is 0 Å². The highest BCUT2D eigenvalue weighted by Crippen LogP contribution is 2.19. The summed E-state index contributed by atoms with van der Waals surface area (Å²) in [4.78, 5) is 35.0. The summed E-state index contributed by atoms with van der Waals surface area (Å²) in [5.41, 5.74) is 0.740. The molecule has 0 radical (unpaired) electrons. The van der Waals surface area contributed by atoms with E-state index in [-0.39, 0.29) is 19.0 Å². The molecule has 0 spiro atoms. The van der Waals surface area contributed by atoms with Crippen molar-refractivity contribution in [2.24, 2.45) is 0 Å². The van der Waals surface area contributed by atoms with E-state index in [1.54, 1.807) is 11.4 Å². The first-order chi connectivity index (χ1) is 8.56. The predicted octanol–water partition coefficient (Wildman–Crippen LogP) is 0.898. The summed E-state index contributed by atoms with van der Waals surface area (Å²) in [7, 11) is 0. The summed E-state index contributed by atoms with van der Waals surface area (Å²) in [5, 5.41) is 12.7. The lowest BCUT2D eigenvalue weighted by molar-refractivity contribution is -0.131. The number of carbonyl (C=O) groups excluding carboxylic acids is 2. The van der Waals surface area contributed by atoms with Gasteiger partial charge >= 0.3 is 12.0 Å². The number of amides is 3. The number of carbonyl (C=O) groups is 3. The van der Waals surface area contributed by atoms with Gasteiger partial charge in [-0.05, 0) is 23.1 Å². The van der Waals surface area contributed by atoms with E-state index in [1.165, 1.54) is 17.4 Å². The number of carboxylic acids is 1. The molecule has 2 N–H and O–H groups in total. The van der Waals surface area contributed by atoms with Crippen LogP contribution in [0.1, 0.15) is 10.4 Å². The average molecular weight is 266 g/mol. The second-order valence-electron chi connectivity index (χ2n) is 3.66. The monoisotopic (exact) mass is 266 g/mol. The molecule has 1 fully saturated rings. The number of hydrogen-bond acceptors (Lipinski definition) is 4. The van der Waals surface area contributed by atoms with E-state index in [4.69, 9.17) is 5.11 Å². The van der Waals surface area contributed by atoms with Gasteiger partial charge < -0.3 is 10.4 Å². The second kappa shape index (κ2) is 5.01. The van der Waals surface area contributed by atoms with Crippen molar-refractivity contribution in [2.45, 2.75) is 6.54 Å². The van der Waals surface area contributed by atoms with Gasteiger partial charge in [-0.25, -0.2) is 9.59 Å². The van der Waals surface area contributed by atoms with Crippen LogP contribution < -0.4 is 5.32 Å². The molecule has 94 valence electrons. The molecule has 1 aliphatic heterocycles. The fraction of sp³-hybridized carbons (Fsp3) is 0.182. The molecule has 1 aromatic rings. The number of imide groups is 1. The summed E-state index contributed by atoms with van der Waals surface area (Å²) in [5.74, 6) is -1.27. The molecule has 2 rings (SSSR count). The fourth-order valence-corrected chi connectivity index (χ4v) is 2.35. The lowest BCUT2D eigenvalue weighted by Gasteiger charge is -2.09. The Balaban J connectivity index is 2.04. The van der Waals surface area contributed by atoms with Crippen LogP contribution in [0.25, 0.3) is 6.08 Å². The summed E-state index contributed by atoms with van der Waals surface area (Å²) in [6.45, 7) is 0.256. The number of hydrogen-bond donors (Lipinski definition) is 2. The van der Waals surface area contributed by atoms with Crippen LogP contribution in [0.15, 0.2) is 17.5 Å². The molecule has 1 aliphatic rings. The van der Waals surface area contributed by atoms with E-state index in [0.717, 1.165) is 21.4 Å². The van der Waals surface area contributed by atoms with Crippen LogP contribution in [0, 0.1) is 0 Å². The van der Waals surface area contributed by atoms with E-state index in [0.29, 0.717) is 0 Å². The molecule has 1 saturated heterocycles. The molecule has 7 heteroatoms. The highest BCUT2D eigenvalue weighted by Gasteiger charge is 2.28. The van der Waals surface area contributed by atoms with Crippen molar-refractivity contribution in [3.8, 4) is 0 Å². The zero-order valence-corrected chi connectivity index (χ0v) is 10.1. The quantitative estimate of drug-likeness (QED) is 0.626. The van der Waals surface area contributed by atoms with Crippen LogP contribution in [-0.2, 0) is 16.1 Å². The average Bonchev–Trinajstić information content (AvgIpc) is 2.88. The summed E-state index contributed by atoms with van der Waals surface area (Å²) in [6.07, 6.45) is 2.51. The summed E-state index contributed by atoms with van der Waals surface area (Å²) < 4.78 is 0. The number of urea groups is 1. The lowest BCUT2D eigenvalue weighted by atomic mass is 10.3. The molecule has 6 nitrogen and oxygen atoms in total. The minimum absolute atomic E-state index is 0.0377. The number of aliphatic carboxylic acids is 1. The predicted molar refractivity (Wildman–Crippen MR) is 64.9 cm³/mol. The van der Waals surface area contributed by atoms with Crippen molar-refractivity contribution < 1.29 is 19.5 Å². The summed E-state index contributed by atoms with van der Waals surface area (Å²) >= 11 is 1.37. The minimum Gasteiger partial charge on any atom is -0.478 e. The van der Waals surface area contributed by atoms with Crippen LogP contribution in [0.3, 0.4) is 0 Å². The van der Waals surface area contributed by atoms with Gasteiger partial charge in [0.15, 0.2) is 0 Å². The molecule has 3 amide bonds. The Hall–Kier alpha value is -2.15. The zero-order chi connectivity index (χ0) is 13.1. The van der Waals surface area contributed by atoms with E-state index in [1.807, 2.05) is 0 Å². The number of thiophene rings is 1. The second-order valence-corrected chi connectivity index (χ2v) is 4.65. The van der Waals surface area contributed by atoms with Gasteiger partial charge in [-0.2, -0.15) is 0 Å². The van der Waals surface area contributed by atoms with Gasteiger partial charge in [-0.1, -0.05) is 0 Å². The van der Waals surface area contributed by atoms with Crippen molar-refractivity contribution in [3.63, 3.8) is 0 Å². The van der Waals surface area contributed by atoms with E-state index in [2.05, 4.69) is 5.32 Å². The summed E-state index contributed by atoms with van der Waals surface area (Å²) in [6, 6.07) is 1.36. The van der Waals surface area contributed by atoms with E-state index >= 15 is 0 Å². The number of rotatable bonds is 4. The number of nitrogens with one attached hydrogen (secondary N) is 1. The maximum Gasteiger partial charge on any atom is 0.328 e. The van der Waals surface area contributed by atoms with Crippen molar-refractivity contribution in [2.75, 3.05) is 6.54 Å². The van der Waals surface area contributed by atoms with Crippen molar-refractivity contribution >= 4 is 35.3 Å². The molecule has 18 heavy (non-hydrogen) atoms. The van der Waals surface area contributed by atoms with Gasteiger partial charge in [0.1, 0.15) is 0 Å². The Morgan fingerprint density at radius 2 is 2.33 bits per heavy atom. The first-order valence-corrected chi connectivity index (χ1v) is 6.01. The largest absolute Gasteiger partial charge is 0.478 e. The Morgan fingerprint density at radius 3 is 2.94 bits per heavy atom. The van der Waals surface area contributed by atoms with Crippen LogP contribution >= 0.6 is 11.3 Å². The SMILES string of the molecule is O=C(O)C=Cc1csc(CN2C(=O)CNC2=O)c1. The molecule has 0 aromatic carbocycles. The first kappa shape index (κ1) is 12.3. The molecule has 0 bridgehead atoms. The molecule has 0 saturated carbocycles. The minimum atomic E-state index is -1.02. The van der Waals surface area contributed by atoms with E-state index < -0.39 is 12.0 Å². The molecular formula is C11H10N2O4S. The Bertz CT molecular complexity index is 519. The number of nitrogens with zero attached hydrogens (tertiary/aromatic N) is 1. The lowest BCUT2D eigenvalue weighted by Crippen LogP contribution is -2.29. The molecule has 2 heterocycles. The Labute approximate surface area is 107 Å². The topological polar surface area (TPSA) is 86.7 Å². The Kier molecular flexibility index (Phi) is 3.42. The van der Waals surface area contributed by atoms with Crippen LogP contribution in [0.4, 0.5) is 4.79 Å². The number of carboxylic acid groups (broad SMARTS) is 1. The molecular weight excluding hydrogens is 256 g/mol. The Morgan fingerprint density at radius 1 is 1.56 bits per heavy atom. The highest BCUT2D eigenvalue weighted by atomic mass is 32.1. The standard InChI is InChI=1S/C11H10N2O4S/c14-9-4-12-11(17)13(9)5-8-3-7(6-18-8)1-2-10(15)16/h1-3,6H,4-5H2,(H,12,17)(H,15,16). The normalized spacial score (nSPS) is 15.4. The highest BCUT2D eigenvalue weighted by molar-refractivity contribution is 7.10. The van der Waals surface area contributed by atoms with Crippen molar-refractivity contribution in [1.82, 2.24) is 10.2 Å². The third-order valence-corrected chi connectivity index (χ3v) is 3.28. The van der Waals surface area contributed by atoms with Gasteiger partial charge in [0.25, 0.3) is 0 Å². The van der Waals surface area contributed by atoms with Crippen molar-refractivity contribution in [3.05, 3.63) is 28.0 Å². The van der Waals surface area contributed by atoms with Gasteiger partial charge in [-0.3, -0.25) is 9.69 Å². The smallest absolute Gasteiger partial charge is 0.328 e. The fourth-order valence-electron chi connectivity index (χ4n) is 1.51. The van der Waals surface area contributed by atoms with Gasteiger partial charge in [-0.15, -0.1) is 11.3 Å². The first-order valence-electron chi connectivity index (χ1n) is 5.13. The maximum absolute atomic E-state index is 11.4. The third-order valence-electron chi connectivity index (χ3n) is 2.34. The van der Waals surface area contributed by atoms with Gasteiger partial charge in [0.2, 0.25) is 5.91 Å². The van der Waals surface area contributed by atoms with Gasteiger partial charge in [0, 0.05) is 11.0 Å². The van der Waals surface area contributed by atoms with Crippen LogP contribution in [-0.4, -0.2) is 34.5 Å². The molecule has 0 unspecified atom stereocenters. The maximum atomic E-state index is 11.4. The molecule has 0 aliphatic carbocycles. The van der Waals surface area contributed by atoms with Crippen molar-refractivity contribution in [1.29, 1.82) is 0 Å². The van der Waals surface area contributed by atoms with Gasteiger partial charge in [0.05, 0.1) is 13.1 Å². The van der Waals surface area contributed by atoms with E-state index in [9.17, 15) is 14.4 Å².